The molecule has 52 valence electrons. The van der Waals surface area contributed by atoms with Crippen LogP contribution in [0.4, 0.5) is 0 Å². The second-order valence-electron chi connectivity index (χ2n) is 1.94. The normalized spacial score (nSPS) is 25.9. The summed E-state index contributed by atoms with van der Waals surface area (Å²) in [6, 6.07) is 0. The minimum Gasteiger partial charge on any atom is -0.357 e. The Labute approximate surface area is 64.7 Å². The van der Waals surface area contributed by atoms with Crippen LogP contribution in [0.3, 0.4) is 0 Å². The van der Waals surface area contributed by atoms with Crippen LogP contribution in [0.25, 0.3) is 0 Å². The summed E-state index contributed by atoms with van der Waals surface area (Å²) in [6.07, 6.45) is 3.79. The van der Waals surface area contributed by atoms with Gasteiger partial charge < -0.3 is 4.90 Å². The van der Waals surface area contributed by atoms with E-state index in [1.165, 1.54) is 0 Å². The van der Waals surface area contributed by atoms with E-state index >= 15 is 0 Å². The van der Waals surface area contributed by atoms with Gasteiger partial charge in [0, 0.05) is 31.2 Å². The van der Waals surface area contributed by atoms with Crippen LogP contribution in [0.15, 0.2) is 12.4 Å². The zero-order valence-corrected chi connectivity index (χ0v) is 6.60. The molecule has 0 aromatic rings. The summed E-state index contributed by atoms with van der Waals surface area (Å²) >= 11 is 11.3. The molecule has 0 aliphatic carbocycles. The van der Waals surface area contributed by atoms with E-state index in [9.17, 15) is 0 Å². The molecule has 0 saturated heterocycles. The smallest absolute Gasteiger partial charge is 0.129 e. The summed E-state index contributed by atoms with van der Waals surface area (Å²) in [5, 5.41) is 0. The van der Waals surface area contributed by atoms with Gasteiger partial charge in [0.1, 0.15) is 6.17 Å². The summed E-state index contributed by atoms with van der Waals surface area (Å²) in [5.41, 5.74) is 0. The average Bonchev–Trinajstić information content (AvgIpc) is 2.12. The number of alkyl halides is 1. The molecule has 0 bridgehead atoms. The minimum absolute atomic E-state index is 0.119. The lowest BCUT2D eigenvalue weighted by atomic mass is 10.5. The van der Waals surface area contributed by atoms with Crippen LogP contribution in [0.1, 0.15) is 0 Å². The highest BCUT2D eigenvalue weighted by Crippen LogP contribution is 2.16. The Hall–Kier alpha value is -0.0800. The summed E-state index contributed by atoms with van der Waals surface area (Å²) in [5.74, 6) is 0.521. The predicted octanol–water partition coefficient (Wildman–Crippen LogP) is 1.42. The highest BCUT2D eigenvalue weighted by Gasteiger charge is 2.20. The number of hydrogen-bond donors (Lipinski definition) is 0. The first-order valence-electron chi connectivity index (χ1n) is 2.66. The summed E-state index contributed by atoms with van der Waals surface area (Å²) < 4.78 is 1.56. The van der Waals surface area contributed by atoms with Crippen molar-refractivity contribution >= 4 is 23.4 Å². The molecule has 0 aromatic carbocycles. The van der Waals surface area contributed by atoms with Gasteiger partial charge in [-0.05, 0) is 0 Å². The Morgan fingerprint density at radius 3 is 2.44 bits per heavy atom. The number of hydrogen-bond acceptors (Lipinski definition) is 2. The fraction of sp³-hybridized carbons (Fsp3) is 0.600. The molecule has 2 nitrogen and oxygen atoms in total. The molecule has 0 saturated carbocycles. The van der Waals surface area contributed by atoms with Gasteiger partial charge in [-0.3, -0.25) is 4.42 Å². The Kier molecular flexibility index (Phi) is 2.09. The zero-order valence-electron chi connectivity index (χ0n) is 5.09. The Balaban J connectivity index is 2.53. The Morgan fingerprint density at radius 2 is 2.22 bits per heavy atom. The Bertz CT molecular complexity index is 114. The van der Waals surface area contributed by atoms with Crippen molar-refractivity contribution < 1.29 is 0 Å². The van der Waals surface area contributed by atoms with Gasteiger partial charge in [0.25, 0.3) is 0 Å². The first-order valence-corrected chi connectivity index (χ1v) is 3.53. The van der Waals surface area contributed by atoms with Gasteiger partial charge in [0.15, 0.2) is 0 Å². The fourth-order valence-electron chi connectivity index (χ4n) is 0.716. The molecule has 1 heterocycles. The van der Waals surface area contributed by atoms with Crippen LogP contribution >= 0.6 is 23.4 Å². The van der Waals surface area contributed by atoms with Crippen molar-refractivity contribution in [3.8, 4) is 0 Å². The predicted molar refractivity (Wildman–Crippen MR) is 39.1 cm³/mol. The third kappa shape index (κ3) is 1.25. The van der Waals surface area contributed by atoms with E-state index in [4.69, 9.17) is 23.4 Å². The van der Waals surface area contributed by atoms with Crippen LogP contribution in [0.5, 0.6) is 0 Å². The van der Waals surface area contributed by atoms with Gasteiger partial charge in [-0.25, -0.2) is 0 Å². The second kappa shape index (κ2) is 2.67. The molecule has 0 spiro atoms. The highest BCUT2D eigenvalue weighted by molar-refractivity contribution is 6.19. The van der Waals surface area contributed by atoms with Crippen molar-refractivity contribution in [2.45, 2.75) is 6.17 Å². The molecule has 1 rings (SSSR count). The molecule has 1 atom stereocenters. The van der Waals surface area contributed by atoms with Crippen LogP contribution < -0.4 is 0 Å². The van der Waals surface area contributed by atoms with E-state index in [0.29, 0.717) is 5.88 Å². The minimum atomic E-state index is 0.119. The van der Waals surface area contributed by atoms with Gasteiger partial charge in [-0.1, -0.05) is 0 Å². The van der Waals surface area contributed by atoms with Crippen molar-refractivity contribution in [1.29, 1.82) is 0 Å². The van der Waals surface area contributed by atoms with E-state index < -0.39 is 0 Å². The molecule has 0 fully saturated rings. The second-order valence-corrected chi connectivity index (χ2v) is 2.64. The highest BCUT2D eigenvalue weighted by atomic mass is 35.5. The van der Waals surface area contributed by atoms with E-state index in [1.807, 2.05) is 18.1 Å². The molecule has 0 amide bonds. The number of halogens is 2. The van der Waals surface area contributed by atoms with Gasteiger partial charge in [-0.15, -0.1) is 11.6 Å². The maximum atomic E-state index is 5.69. The Morgan fingerprint density at radius 1 is 1.56 bits per heavy atom. The maximum Gasteiger partial charge on any atom is 0.129 e. The van der Waals surface area contributed by atoms with Crippen molar-refractivity contribution in [3.05, 3.63) is 12.4 Å². The fourth-order valence-corrected chi connectivity index (χ4v) is 1.41. The van der Waals surface area contributed by atoms with Crippen LogP contribution in [-0.2, 0) is 0 Å². The molecular formula is C5H8Cl2N2. The van der Waals surface area contributed by atoms with E-state index in [1.54, 1.807) is 10.6 Å². The molecule has 0 radical (unpaired) electrons. The average molecular weight is 167 g/mol. The third-order valence-corrected chi connectivity index (χ3v) is 1.95. The lowest BCUT2D eigenvalue weighted by molar-refractivity contribution is 0.284. The van der Waals surface area contributed by atoms with Crippen LogP contribution in [0.2, 0.25) is 0 Å². The lowest BCUT2D eigenvalue weighted by Gasteiger charge is -2.22. The number of nitrogens with zero attached hydrogens (tertiary/aromatic N) is 2. The summed E-state index contributed by atoms with van der Waals surface area (Å²) in [7, 11) is 1.94. The van der Waals surface area contributed by atoms with Crippen molar-refractivity contribution in [2.75, 3.05) is 12.9 Å². The monoisotopic (exact) mass is 166 g/mol. The van der Waals surface area contributed by atoms with Crippen molar-refractivity contribution in [1.82, 2.24) is 9.32 Å². The van der Waals surface area contributed by atoms with Crippen molar-refractivity contribution in [2.24, 2.45) is 0 Å². The van der Waals surface area contributed by atoms with Crippen molar-refractivity contribution in [3.63, 3.8) is 0 Å². The SMILES string of the molecule is CN1C=CN(Cl)C1CCl. The first-order chi connectivity index (χ1) is 4.25. The molecule has 1 unspecified atom stereocenters. The summed E-state index contributed by atoms with van der Waals surface area (Å²) in [4.78, 5) is 1.96. The van der Waals surface area contributed by atoms with Crippen LogP contribution in [0, 0.1) is 0 Å². The van der Waals surface area contributed by atoms with Gasteiger partial charge in [0.05, 0.1) is 5.88 Å². The van der Waals surface area contributed by atoms with Gasteiger partial charge in [0.2, 0.25) is 0 Å². The molecule has 0 aromatic heterocycles. The number of rotatable bonds is 1. The van der Waals surface area contributed by atoms with E-state index in [2.05, 4.69) is 0 Å². The molecule has 9 heavy (non-hydrogen) atoms. The standard InChI is InChI=1S/C5H8Cl2N2/c1-8-2-3-9(7)5(8)4-6/h2-3,5H,4H2,1H3. The summed E-state index contributed by atoms with van der Waals surface area (Å²) in [6.45, 7) is 0. The quantitative estimate of drug-likeness (QED) is 0.430. The zero-order chi connectivity index (χ0) is 6.85. The molecular weight excluding hydrogens is 159 g/mol. The first kappa shape index (κ1) is 7.03. The molecule has 0 N–H and O–H groups in total. The van der Waals surface area contributed by atoms with Gasteiger partial charge in [-0.2, -0.15) is 0 Å². The molecule has 1 aliphatic heterocycles. The third-order valence-electron chi connectivity index (χ3n) is 1.34. The van der Waals surface area contributed by atoms with Crippen LogP contribution in [-0.4, -0.2) is 28.4 Å². The largest absolute Gasteiger partial charge is 0.357 e. The molecule has 4 heteroatoms. The lowest BCUT2D eigenvalue weighted by Crippen LogP contribution is -2.32. The topological polar surface area (TPSA) is 6.48 Å². The molecule has 1 aliphatic rings. The van der Waals surface area contributed by atoms with E-state index in [0.717, 1.165) is 0 Å². The van der Waals surface area contributed by atoms with E-state index in [-0.39, 0.29) is 6.17 Å². The van der Waals surface area contributed by atoms with Gasteiger partial charge >= 0.3 is 0 Å². The maximum absolute atomic E-state index is 5.69.